The van der Waals surface area contributed by atoms with E-state index in [2.05, 4.69) is 20.9 Å². The van der Waals surface area contributed by atoms with Crippen LogP contribution in [0, 0.1) is 0 Å². The van der Waals surface area contributed by atoms with Crippen LogP contribution in [0.4, 0.5) is 4.79 Å². The van der Waals surface area contributed by atoms with Gasteiger partial charge in [0.05, 0.1) is 0 Å². The summed E-state index contributed by atoms with van der Waals surface area (Å²) in [6, 6.07) is 13.1. The van der Waals surface area contributed by atoms with Crippen LogP contribution in [0.3, 0.4) is 0 Å². The van der Waals surface area contributed by atoms with Gasteiger partial charge in [-0.2, -0.15) is 0 Å². The number of pyridine rings is 1. The second kappa shape index (κ2) is 11.0. The molecule has 1 saturated carbocycles. The number of rotatable bonds is 9. The van der Waals surface area contributed by atoms with Gasteiger partial charge in [-0.15, -0.1) is 0 Å². The van der Waals surface area contributed by atoms with Crippen molar-refractivity contribution in [1.29, 1.82) is 0 Å². The fourth-order valence-corrected chi connectivity index (χ4v) is 3.24. The van der Waals surface area contributed by atoms with Crippen LogP contribution in [0.5, 0.6) is 5.88 Å². The van der Waals surface area contributed by atoms with Crippen LogP contribution >= 0.6 is 0 Å². The van der Waals surface area contributed by atoms with Crippen molar-refractivity contribution in [3.8, 4) is 5.88 Å². The van der Waals surface area contributed by atoms with E-state index in [1.54, 1.807) is 6.20 Å². The molecule has 0 unspecified atom stereocenters. The Labute approximate surface area is 171 Å². The van der Waals surface area contributed by atoms with E-state index in [4.69, 9.17) is 4.74 Å². The molecule has 2 aromatic rings. The molecule has 3 amide bonds. The fraction of sp³-hybridized carbons (Fsp3) is 0.409. The van der Waals surface area contributed by atoms with Crippen molar-refractivity contribution in [2.45, 2.75) is 51.3 Å². The highest BCUT2D eigenvalue weighted by Crippen LogP contribution is 2.24. The Bertz CT molecular complexity index is 792. The first-order valence-electron chi connectivity index (χ1n) is 10.1. The average molecular weight is 396 g/mol. The van der Waals surface area contributed by atoms with Crippen LogP contribution in [0.15, 0.2) is 48.7 Å². The predicted molar refractivity (Wildman–Crippen MR) is 110 cm³/mol. The van der Waals surface area contributed by atoms with Gasteiger partial charge in [0.25, 0.3) is 0 Å². The van der Waals surface area contributed by atoms with E-state index in [1.165, 1.54) is 12.8 Å². The van der Waals surface area contributed by atoms with Crippen LogP contribution in [-0.2, 0) is 17.9 Å². The van der Waals surface area contributed by atoms with Gasteiger partial charge in [-0.05, 0) is 37.3 Å². The third-order valence-electron chi connectivity index (χ3n) is 4.84. The van der Waals surface area contributed by atoms with Gasteiger partial charge in [-0.25, -0.2) is 9.78 Å². The Morgan fingerprint density at radius 1 is 0.966 bits per heavy atom. The van der Waals surface area contributed by atoms with Crippen LogP contribution in [0.2, 0.25) is 0 Å². The average Bonchev–Trinajstić information content (AvgIpc) is 3.25. The molecule has 0 spiro atoms. The number of aromatic nitrogens is 1. The molecule has 7 nitrogen and oxygen atoms in total. The maximum absolute atomic E-state index is 12.0. The number of hydrogen-bond donors (Lipinski definition) is 3. The molecular formula is C22H28N4O3. The normalized spacial score (nSPS) is 13.7. The lowest BCUT2D eigenvalue weighted by Gasteiger charge is -2.15. The van der Waals surface area contributed by atoms with Crippen molar-refractivity contribution in [2.75, 3.05) is 6.54 Å². The van der Waals surface area contributed by atoms with Crippen LogP contribution in [0.25, 0.3) is 0 Å². The maximum atomic E-state index is 12.0. The van der Waals surface area contributed by atoms with E-state index >= 15 is 0 Å². The Morgan fingerprint density at radius 2 is 1.76 bits per heavy atom. The molecule has 1 heterocycles. The number of ether oxygens (including phenoxy) is 1. The van der Waals surface area contributed by atoms with Gasteiger partial charge in [-0.3, -0.25) is 4.79 Å². The molecule has 1 fully saturated rings. The predicted octanol–water partition coefficient (Wildman–Crippen LogP) is 2.91. The lowest BCUT2D eigenvalue weighted by atomic mass is 10.2. The van der Waals surface area contributed by atoms with Crippen LogP contribution in [-0.4, -0.2) is 29.6 Å². The third-order valence-corrected chi connectivity index (χ3v) is 4.84. The number of urea groups is 1. The summed E-state index contributed by atoms with van der Waals surface area (Å²) in [4.78, 5) is 28.2. The molecule has 0 aliphatic heterocycles. The van der Waals surface area contributed by atoms with E-state index < -0.39 is 0 Å². The summed E-state index contributed by atoms with van der Waals surface area (Å²) in [6.45, 7) is 1.07. The van der Waals surface area contributed by atoms with Gasteiger partial charge in [0.15, 0.2) is 0 Å². The second-order valence-corrected chi connectivity index (χ2v) is 7.11. The van der Waals surface area contributed by atoms with Crippen molar-refractivity contribution in [1.82, 2.24) is 20.9 Å². The van der Waals surface area contributed by atoms with Gasteiger partial charge in [0, 0.05) is 37.8 Å². The quantitative estimate of drug-likeness (QED) is 0.608. The first kappa shape index (κ1) is 20.6. The van der Waals surface area contributed by atoms with Gasteiger partial charge in [0.2, 0.25) is 11.8 Å². The zero-order chi connectivity index (χ0) is 20.3. The van der Waals surface area contributed by atoms with E-state index in [-0.39, 0.29) is 31.0 Å². The van der Waals surface area contributed by atoms with Crippen LogP contribution < -0.4 is 20.7 Å². The molecule has 3 rings (SSSR count). The van der Waals surface area contributed by atoms with E-state index in [9.17, 15) is 9.59 Å². The third kappa shape index (κ3) is 7.10. The van der Waals surface area contributed by atoms with Gasteiger partial charge < -0.3 is 20.7 Å². The molecule has 1 aliphatic carbocycles. The summed E-state index contributed by atoms with van der Waals surface area (Å²) in [5.41, 5.74) is 1.88. The zero-order valence-corrected chi connectivity index (χ0v) is 16.5. The monoisotopic (exact) mass is 396 g/mol. The molecule has 1 aromatic carbocycles. The SMILES string of the molecule is O=C(CCNC(=O)NCc1cccnc1OC1CCCC1)NCc1ccccc1. The summed E-state index contributed by atoms with van der Waals surface area (Å²) in [6.07, 6.45) is 6.61. The van der Waals surface area contributed by atoms with Crippen molar-refractivity contribution < 1.29 is 14.3 Å². The minimum Gasteiger partial charge on any atom is -0.474 e. The number of nitrogens with one attached hydrogen (secondary N) is 3. The summed E-state index contributed by atoms with van der Waals surface area (Å²) < 4.78 is 5.98. The Hall–Kier alpha value is -3.09. The lowest BCUT2D eigenvalue weighted by molar-refractivity contribution is -0.121. The molecule has 0 radical (unpaired) electrons. The number of hydrogen-bond acceptors (Lipinski definition) is 4. The smallest absolute Gasteiger partial charge is 0.315 e. The van der Waals surface area contributed by atoms with Crippen molar-refractivity contribution in [2.24, 2.45) is 0 Å². The van der Waals surface area contributed by atoms with Crippen molar-refractivity contribution in [3.05, 3.63) is 59.8 Å². The standard InChI is InChI=1S/C22H28N4O3/c27-20(25-15-17-7-2-1-3-8-17)12-14-24-22(28)26-16-18-9-6-13-23-21(18)29-19-10-4-5-11-19/h1-3,6-9,13,19H,4-5,10-12,14-16H2,(H,25,27)(H2,24,26,28). The highest BCUT2D eigenvalue weighted by atomic mass is 16.5. The van der Waals surface area contributed by atoms with Crippen LogP contribution in [0.1, 0.15) is 43.2 Å². The molecular weight excluding hydrogens is 368 g/mol. The largest absolute Gasteiger partial charge is 0.474 e. The van der Waals surface area contributed by atoms with Gasteiger partial charge in [0.1, 0.15) is 6.10 Å². The number of amides is 3. The summed E-state index contributed by atoms with van der Waals surface area (Å²) in [5.74, 6) is 0.480. The Balaban J connectivity index is 1.34. The molecule has 1 aromatic heterocycles. The molecule has 29 heavy (non-hydrogen) atoms. The highest BCUT2D eigenvalue weighted by molar-refractivity contribution is 5.78. The first-order chi connectivity index (χ1) is 14.2. The Kier molecular flexibility index (Phi) is 7.86. The molecule has 0 bridgehead atoms. The highest BCUT2D eigenvalue weighted by Gasteiger charge is 2.18. The molecule has 0 saturated heterocycles. The molecule has 0 atom stereocenters. The van der Waals surface area contributed by atoms with E-state index in [0.29, 0.717) is 19.0 Å². The van der Waals surface area contributed by atoms with Gasteiger partial charge in [-0.1, -0.05) is 36.4 Å². The molecule has 1 aliphatic rings. The lowest BCUT2D eigenvalue weighted by Crippen LogP contribution is -2.37. The van der Waals surface area contributed by atoms with E-state index in [1.807, 2.05) is 42.5 Å². The van der Waals surface area contributed by atoms with E-state index in [0.717, 1.165) is 24.0 Å². The minimum absolute atomic E-state index is 0.103. The molecule has 154 valence electrons. The number of benzene rings is 1. The molecule has 7 heteroatoms. The maximum Gasteiger partial charge on any atom is 0.315 e. The second-order valence-electron chi connectivity index (χ2n) is 7.11. The van der Waals surface area contributed by atoms with Crippen molar-refractivity contribution in [3.63, 3.8) is 0 Å². The Morgan fingerprint density at radius 3 is 2.55 bits per heavy atom. The van der Waals surface area contributed by atoms with Gasteiger partial charge >= 0.3 is 6.03 Å². The zero-order valence-electron chi connectivity index (χ0n) is 16.5. The first-order valence-corrected chi connectivity index (χ1v) is 10.1. The molecule has 3 N–H and O–H groups in total. The van der Waals surface area contributed by atoms with Crippen molar-refractivity contribution >= 4 is 11.9 Å². The topological polar surface area (TPSA) is 92.4 Å². The summed E-state index contributed by atoms with van der Waals surface area (Å²) in [7, 11) is 0. The minimum atomic E-state index is -0.323. The fourth-order valence-electron chi connectivity index (χ4n) is 3.24. The number of nitrogens with zero attached hydrogens (tertiary/aromatic N) is 1. The summed E-state index contributed by atoms with van der Waals surface area (Å²) >= 11 is 0. The number of carbonyl (C=O) groups is 2. The summed E-state index contributed by atoms with van der Waals surface area (Å²) in [5, 5.41) is 8.33. The number of carbonyl (C=O) groups excluding carboxylic acids is 2.